The molecule has 0 spiro atoms. The second kappa shape index (κ2) is 4.72. The van der Waals surface area contributed by atoms with Gasteiger partial charge in [0, 0.05) is 17.6 Å². The summed E-state index contributed by atoms with van der Waals surface area (Å²) in [6, 6.07) is 5.63. The number of alkyl carbamates (subject to hydrolysis) is 1. The number of amides is 1. The van der Waals surface area contributed by atoms with Gasteiger partial charge in [-0.3, -0.25) is 0 Å². The normalized spacial score (nSPS) is 18.0. The zero-order chi connectivity index (χ0) is 11.5. The van der Waals surface area contributed by atoms with Crippen molar-refractivity contribution in [3.8, 4) is 0 Å². The van der Waals surface area contributed by atoms with Crippen molar-refractivity contribution in [3.63, 3.8) is 0 Å². The molecule has 0 aliphatic carbocycles. The number of carbonyl (C=O) groups is 1. The number of ether oxygens (including phenoxy) is 2. The van der Waals surface area contributed by atoms with E-state index in [-0.39, 0.29) is 12.7 Å². The van der Waals surface area contributed by atoms with Crippen molar-refractivity contribution in [2.45, 2.75) is 12.7 Å². The van der Waals surface area contributed by atoms with Crippen molar-refractivity contribution in [2.75, 3.05) is 13.7 Å². The van der Waals surface area contributed by atoms with E-state index >= 15 is 0 Å². The fourth-order valence-electron chi connectivity index (χ4n) is 1.66. The minimum absolute atomic E-state index is 0.201. The molecule has 0 fully saturated rings. The number of nitrogens with one attached hydrogen (secondary N) is 1. The third-order valence-corrected chi connectivity index (χ3v) is 2.85. The smallest absolute Gasteiger partial charge is 0.406 e. The van der Waals surface area contributed by atoms with Gasteiger partial charge in [-0.2, -0.15) is 0 Å². The Balaban J connectivity index is 2.06. The highest BCUT2D eigenvalue weighted by Crippen LogP contribution is 2.34. The van der Waals surface area contributed by atoms with Gasteiger partial charge in [-0.1, -0.05) is 23.7 Å². The van der Waals surface area contributed by atoms with Crippen molar-refractivity contribution < 1.29 is 14.3 Å². The Kier molecular flexibility index (Phi) is 3.31. The van der Waals surface area contributed by atoms with Crippen molar-refractivity contribution in [3.05, 3.63) is 34.3 Å². The maximum absolute atomic E-state index is 10.9. The van der Waals surface area contributed by atoms with Crippen molar-refractivity contribution >= 4 is 17.7 Å². The van der Waals surface area contributed by atoms with Crippen LogP contribution in [0.2, 0.25) is 5.02 Å². The van der Waals surface area contributed by atoms with E-state index in [0.29, 0.717) is 11.6 Å². The van der Waals surface area contributed by atoms with Crippen LogP contribution in [-0.4, -0.2) is 19.7 Å². The Morgan fingerprint density at radius 2 is 2.50 bits per heavy atom. The largest absolute Gasteiger partial charge is 0.446 e. The Bertz CT molecular complexity index is 408. The van der Waals surface area contributed by atoms with Crippen LogP contribution < -0.4 is 5.32 Å². The first-order valence-corrected chi connectivity index (χ1v) is 5.33. The first kappa shape index (κ1) is 11.2. The molecule has 16 heavy (non-hydrogen) atoms. The van der Waals surface area contributed by atoms with Gasteiger partial charge in [0.1, 0.15) is 12.7 Å². The molecule has 1 atom stereocenters. The summed E-state index contributed by atoms with van der Waals surface area (Å²) in [6.45, 7) is 0.670. The average molecular weight is 242 g/mol. The lowest BCUT2D eigenvalue weighted by molar-refractivity contribution is 0.0145. The minimum Gasteiger partial charge on any atom is -0.446 e. The summed E-state index contributed by atoms with van der Waals surface area (Å²) in [5.41, 5.74) is 1.98. The number of halogens is 1. The fraction of sp³-hybridized carbons (Fsp3) is 0.364. The van der Waals surface area contributed by atoms with Gasteiger partial charge in [0.05, 0.1) is 6.61 Å². The SMILES string of the molecule is CNC(=O)OCC1OCc2c(Cl)cccc21. The van der Waals surface area contributed by atoms with Gasteiger partial charge in [-0.05, 0) is 11.6 Å². The quantitative estimate of drug-likeness (QED) is 0.864. The summed E-state index contributed by atoms with van der Waals surface area (Å²) < 4.78 is 10.5. The molecule has 1 unspecified atom stereocenters. The van der Waals surface area contributed by atoms with E-state index in [2.05, 4.69) is 5.32 Å². The summed E-state index contributed by atoms with van der Waals surface area (Å²) in [5.74, 6) is 0. The first-order chi connectivity index (χ1) is 7.72. The minimum atomic E-state index is -0.459. The molecule has 0 saturated heterocycles. The van der Waals surface area contributed by atoms with Gasteiger partial charge in [0.15, 0.2) is 0 Å². The van der Waals surface area contributed by atoms with Crippen molar-refractivity contribution in [1.29, 1.82) is 0 Å². The topological polar surface area (TPSA) is 47.6 Å². The summed E-state index contributed by atoms with van der Waals surface area (Å²) in [6.07, 6.45) is -0.676. The second-order valence-corrected chi connectivity index (χ2v) is 3.86. The molecule has 0 bridgehead atoms. The molecule has 0 saturated carbocycles. The lowest BCUT2D eigenvalue weighted by atomic mass is 10.1. The maximum atomic E-state index is 10.9. The molecular weight excluding hydrogens is 230 g/mol. The zero-order valence-electron chi connectivity index (χ0n) is 8.83. The molecule has 1 heterocycles. The third kappa shape index (κ3) is 2.13. The van der Waals surface area contributed by atoms with E-state index in [9.17, 15) is 4.79 Å². The van der Waals surface area contributed by atoms with E-state index in [1.165, 1.54) is 7.05 Å². The average Bonchev–Trinajstić information content (AvgIpc) is 2.70. The molecule has 1 aromatic rings. The highest BCUT2D eigenvalue weighted by Gasteiger charge is 2.25. The van der Waals surface area contributed by atoms with Crippen LogP contribution in [0.4, 0.5) is 4.79 Å². The predicted molar refractivity (Wildman–Crippen MR) is 59.4 cm³/mol. The van der Waals surface area contributed by atoms with Crippen LogP contribution in [0.5, 0.6) is 0 Å². The van der Waals surface area contributed by atoms with E-state index in [1.807, 2.05) is 18.2 Å². The number of carbonyl (C=O) groups excluding carboxylic acids is 1. The van der Waals surface area contributed by atoms with Gasteiger partial charge >= 0.3 is 6.09 Å². The molecule has 1 amide bonds. The molecule has 0 radical (unpaired) electrons. The Morgan fingerprint density at radius 1 is 1.69 bits per heavy atom. The van der Waals surface area contributed by atoms with Gasteiger partial charge < -0.3 is 14.8 Å². The number of benzene rings is 1. The van der Waals surface area contributed by atoms with Crippen LogP contribution in [0.15, 0.2) is 18.2 Å². The number of rotatable bonds is 2. The van der Waals surface area contributed by atoms with E-state index < -0.39 is 6.09 Å². The lowest BCUT2D eigenvalue weighted by Crippen LogP contribution is -2.21. The molecule has 4 nitrogen and oxygen atoms in total. The Labute approximate surface area is 98.5 Å². The first-order valence-electron chi connectivity index (χ1n) is 4.95. The molecule has 5 heteroatoms. The third-order valence-electron chi connectivity index (χ3n) is 2.50. The predicted octanol–water partition coefficient (Wildman–Crippen LogP) is 2.27. The monoisotopic (exact) mass is 241 g/mol. The number of fused-ring (bicyclic) bond motifs is 1. The van der Waals surface area contributed by atoms with E-state index in [4.69, 9.17) is 21.1 Å². The van der Waals surface area contributed by atoms with Gasteiger partial charge in [-0.25, -0.2) is 4.79 Å². The molecule has 86 valence electrons. The Morgan fingerprint density at radius 3 is 3.25 bits per heavy atom. The van der Waals surface area contributed by atoms with Gasteiger partial charge in [0.25, 0.3) is 0 Å². The number of hydrogen-bond donors (Lipinski definition) is 1. The van der Waals surface area contributed by atoms with Crippen LogP contribution >= 0.6 is 11.6 Å². The lowest BCUT2D eigenvalue weighted by Gasteiger charge is -2.11. The standard InChI is InChI=1S/C11H12ClNO3/c1-13-11(14)16-6-10-7-3-2-4-9(12)8(7)5-15-10/h2-4,10H,5-6H2,1H3,(H,13,14). The molecule has 1 aliphatic heterocycles. The number of hydrogen-bond acceptors (Lipinski definition) is 3. The van der Waals surface area contributed by atoms with Crippen LogP contribution in [0.25, 0.3) is 0 Å². The van der Waals surface area contributed by atoms with Crippen LogP contribution in [0.1, 0.15) is 17.2 Å². The molecule has 1 aromatic carbocycles. The summed E-state index contributed by atoms with van der Waals surface area (Å²) in [5, 5.41) is 3.08. The van der Waals surface area contributed by atoms with E-state index in [1.54, 1.807) is 0 Å². The fourth-order valence-corrected chi connectivity index (χ4v) is 1.90. The Hall–Kier alpha value is -1.26. The van der Waals surface area contributed by atoms with Gasteiger partial charge in [-0.15, -0.1) is 0 Å². The van der Waals surface area contributed by atoms with Crippen LogP contribution in [0, 0.1) is 0 Å². The maximum Gasteiger partial charge on any atom is 0.406 e. The van der Waals surface area contributed by atoms with E-state index in [0.717, 1.165) is 11.1 Å². The summed E-state index contributed by atoms with van der Waals surface area (Å²) in [7, 11) is 1.52. The highest BCUT2D eigenvalue weighted by molar-refractivity contribution is 6.31. The van der Waals surface area contributed by atoms with Crippen molar-refractivity contribution in [2.24, 2.45) is 0 Å². The van der Waals surface area contributed by atoms with Crippen molar-refractivity contribution in [1.82, 2.24) is 5.32 Å². The van der Waals surface area contributed by atoms with Gasteiger partial charge in [0.2, 0.25) is 0 Å². The summed E-state index contributed by atoms with van der Waals surface area (Å²) in [4.78, 5) is 10.9. The van der Waals surface area contributed by atoms with Crippen LogP contribution in [0.3, 0.4) is 0 Å². The highest BCUT2D eigenvalue weighted by atomic mass is 35.5. The second-order valence-electron chi connectivity index (χ2n) is 3.46. The van der Waals surface area contributed by atoms with Crippen LogP contribution in [-0.2, 0) is 16.1 Å². The molecule has 0 aromatic heterocycles. The zero-order valence-corrected chi connectivity index (χ0v) is 9.58. The molecule has 1 aliphatic rings. The molecule has 1 N–H and O–H groups in total. The molecular formula is C11H12ClNO3. The summed E-state index contributed by atoms with van der Waals surface area (Å²) >= 11 is 6.02. The molecule has 2 rings (SSSR count).